The zero-order valence-corrected chi connectivity index (χ0v) is 20.2. The van der Waals surface area contributed by atoms with Crippen LogP contribution in [0.25, 0.3) is 0 Å². The summed E-state index contributed by atoms with van der Waals surface area (Å²) in [6.45, 7) is 4.11. The van der Waals surface area contributed by atoms with Gasteiger partial charge in [0.25, 0.3) is 0 Å². The molecule has 188 valence electrons. The van der Waals surface area contributed by atoms with E-state index in [0.29, 0.717) is 45.7 Å². The number of carbonyl (C=O) groups is 3. The molecule has 0 fully saturated rings. The van der Waals surface area contributed by atoms with E-state index in [1.165, 1.54) is 57.8 Å². The van der Waals surface area contributed by atoms with Gasteiger partial charge in [-0.1, -0.05) is 71.1 Å². The van der Waals surface area contributed by atoms with Gasteiger partial charge in [0.1, 0.15) is 12.4 Å². The second-order valence-corrected chi connectivity index (χ2v) is 8.27. The SMILES string of the molecule is CCCCCCCCCCCCCC(=O)OCCOCCOCCCC(=O)CCC(=O)O. The molecule has 1 N–H and O–H groups in total. The predicted molar refractivity (Wildman–Crippen MR) is 125 cm³/mol. The van der Waals surface area contributed by atoms with E-state index in [1.54, 1.807) is 0 Å². The molecule has 0 rings (SSSR count). The van der Waals surface area contributed by atoms with Crippen LogP contribution in [0.4, 0.5) is 0 Å². The van der Waals surface area contributed by atoms with Crippen LogP contribution in [0.5, 0.6) is 0 Å². The lowest BCUT2D eigenvalue weighted by molar-refractivity contribution is -0.145. The number of ether oxygens (including phenoxy) is 3. The molecule has 0 aromatic heterocycles. The van der Waals surface area contributed by atoms with Crippen molar-refractivity contribution >= 4 is 17.7 Å². The quantitative estimate of drug-likeness (QED) is 0.143. The maximum Gasteiger partial charge on any atom is 0.305 e. The fraction of sp³-hybridized carbons (Fsp3) is 0.880. The number of carboxylic acids is 1. The van der Waals surface area contributed by atoms with E-state index in [4.69, 9.17) is 19.3 Å². The second-order valence-electron chi connectivity index (χ2n) is 8.27. The number of Topliss-reactive ketones (excluding diaryl/α,β-unsaturated/α-hetero) is 1. The molecular weight excluding hydrogens is 412 g/mol. The Labute approximate surface area is 194 Å². The molecule has 0 saturated heterocycles. The Morgan fingerprint density at radius 1 is 0.562 bits per heavy atom. The molecule has 0 aromatic carbocycles. The first-order valence-electron chi connectivity index (χ1n) is 12.6. The maximum atomic E-state index is 11.7. The molecule has 0 aliphatic carbocycles. The molecule has 0 amide bonds. The molecule has 0 aliphatic heterocycles. The van der Waals surface area contributed by atoms with Crippen LogP contribution in [0.3, 0.4) is 0 Å². The average Bonchev–Trinajstić information content (AvgIpc) is 2.77. The van der Waals surface area contributed by atoms with Crippen LogP contribution >= 0.6 is 0 Å². The first-order valence-corrected chi connectivity index (χ1v) is 12.6. The van der Waals surface area contributed by atoms with Gasteiger partial charge < -0.3 is 19.3 Å². The molecule has 0 spiro atoms. The van der Waals surface area contributed by atoms with Crippen molar-refractivity contribution in [2.24, 2.45) is 0 Å². The van der Waals surface area contributed by atoms with Gasteiger partial charge in [0, 0.05) is 25.9 Å². The molecule has 0 unspecified atom stereocenters. The molecule has 0 heterocycles. The molecule has 0 aliphatic rings. The Bertz CT molecular complexity index is 465. The van der Waals surface area contributed by atoms with E-state index in [9.17, 15) is 14.4 Å². The van der Waals surface area contributed by atoms with Crippen LogP contribution in [-0.4, -0.2) is 55.9 Å². The number of aliphatic carboxylic acids is 1. The summed E-state index contributed by atoms with van der Waals surface area (Å²) in [4.78, 5) is 33.5. The van der Waals surface area contributed by atoms with Crippen LogP contribution in [0.15, 0.2) is 0 Å². The van der Waals surface area contributed by atoms with Crippen LogP contribution < -0.4 is 0 Å². The summed E-state index contributed by atoms with van der Waals surface area (Å²) in [5.74, 6) is -1.16. The number of carbonyl (C=O) groups excluding carboxylic acids is 2. The van der Waals surface area contributed by atoms with E-state index >= 15 is 0 Å². The van der Waals surface area contributed by atoms with E-state index in [1.807, 2.05) is 0 Å². The lowest BCUT2D eigenvalue weighted by Crippen LogP contribution is -2.13. The van der Waals surface area contributed by atoms with E-state index in [0.717, 1.165) is 12.8 Å². The molecule has 7 heteroatoms. The summed E-state index contributed by atoms with van der Waals surface area (Å²) in [6.07, 6.45) is 15.2. The fourth-order valence-electron chi connectivity index (χ4n) is 3.28. The van der Waals surface area contributed by atoms with Crippen molar-refractivity contribution in [1.82, 2.24) is 0 Å². The zero-order valence-electron chi connectivity index (χ0n) is 20.2. The number of hydrogen-bond acceptors (Lipinski definition) is 6. The topological polar surface area (TPSA) is 99.1 Å². The molecule has 0 bridgehead atoms. The summed E-state index contributed by atoms with van der Waals surface area (Å²) < 4.78 is 15.9. The van der Waals surface area contributed by atoms with Crippen LogP contribution in [-0.2, 0) is 28.6 Å². The molecule has 0 saturated carbocycles. The van der Waals surface area contributed by atoms with Crippen LogP contribution in [0.1, 0.15) is 110 Å². The predicted octanol–water partition coefficient (Wildman–Crippen LogP) is 5.48. The van der Waals surface area contributed by atoms with E-state index < -0.39 is 5.97 Å². The number of ketones is 1. The minimum atomic E-state index is -0.952. The largest absolute Gasteiger partial charge is 0.481 e. The van der Waals surface area contributed by atoms with Crippen molar-refractivity contribution in [3.63, 3.8) is 0 Å². The molecule has 0 radical (unpaired) electrons. The normalized spacial score (nSPS) is 10.9. The van der Waals surface area contributed by atoms with Crippen molar-refractivity contribution in [3.05, 3.63) is 0 Å². The second kappa shape index (κ2) is 24.2. The van der Waals surface area contributed by atoms with Crippen molar-refractivity contribution < 1.29 is 33.7 Å². The highest BCUT2D eigenvalue weighted by molar-refractivity contribution is 5.82. The minimum Gasteiger partial charge on any atom is -0.481 e. The highest BCUT2D eigenvalue weighted by atomic mass is 16.6. The van der Waals surface area contributed by atoms with Gasteiger partial charge in [0.15, 0.2) is 0 Å². The first kappa shape index (κ1) is 30.5. The van der Waals surface area contributed by atoms with Gasteiger partial charge in [0.05, 0.1) is 26.2 Å². The maximum absolute atomic E-state index is 11.7. The number of esters is 1. The van der Waals surface area contributed by atoms with Crippen LogP contribution in [0.2, 0.25) is 0 Å². The Morgan fingerprint density at radius 3 is 1.69 bits per heavy atom. The van der Waals surface area contributed by atoms with Gasteiger partial charge in [-0.3, -0.25) is 14.4 Å². The minimum absolute atomic E-state index is 0.0535. The molecule has 7 nitrogen and oxygen atoms in total. The third-order valence-electron chi connectivity index (χ3n) is 5.21. The Balaban J connectivity index is 3.24. The monoisotopic (exact) mass is 458 g/mol. The van der Waals surface area contributed by atoms with Crippen molar-refractivity contribution in [2.75, 3.05) is 33.0 Å². The van der Waals surface area contributed by atoms with Gasteiger partial charge in [-0.15, -0.1) is 0 Å². The van der Waals surface area contributed by atoms with Crippen molar-refractivity contribution in [3.8, 4) is 0 Å². The Hall–Kier alpha value is -1.47. The first-order chi connectivity index (χ1) is 15.6. The molecular formula is C25H46O7. The number of unbranched alkanes of at least 4 members (excludes halogenated alkanes) is 10. The fourth-order valence-corrected chi connectivity index (χ4v) is 3.28. The van der Waals surface area contributed by atoms with Crippen molar-refractivity contribution in [2.45, 2.75) is 110 Å². The summed E-state index contributed by atoms with van der Waals surface area (Å²) in [6, 6.07) is 0. The van der Waals surface area contributed by atoms with Gasteiger partial charge in [-0.05, 0) is 12.8 Å². The third-order valence-corrected chi connectivity index (χ3v) is 5.21. The molecule has 0 atom stereocenters. The highest BCUT2D eigenvalue weighted by Gasteiger charge is 2.05. The van der Waals surface area contributed by atoms with Gasteiger partial charge in [-0.2, -0.15) is 0 Å². The number of rotatable bonds is 25. The Morgan fingerprint density at radius 2 is 1.09 bits per heavy atom. The molecule has 32 heavy (non-hydrogen) atoms. The van der Waals surface area contributed by atoms with Gasteiger partial charge >= 0.3 is 11.9 Å². The average molecular weight is 459 g/mol. The lowest BCUT2D eigenvalue weighted by atomic mass is 10.1. The number of carboxylic acid groups (broad SMARTS) is 1. The summed E-state index contributed by atoms with van der Waals surface area (Å²) >= 11 is 0. The van der Waals surface area contributed by atoms with E-state index in [-0.39, 0.29) is 31.2 Å². The van der Waals surface area contributed by atoms with Crippen molar-refractivity contribution in [1.29, 1.82) is 0 Å². The standard InChI is InChI=1S/C25H46O7/c1-2-3-4-5-6-7-8-9-10-11-12-15-25(29)32-22-21-31-20-19-30-18-13-14-23(26)16-17-24(27)28/h2-22H2,1H3,(H,27,28). The zero-order chi connectivity index (χ0) is 23.7. The summed E-state index contributed by atoms with van der Waals surface area (Å²) in [5.41, 5.74) is 0. The van der Waals surface area contributed by atoms with E-state index in [2.05, 4.69) is 6.92 Å². The third kappa shape index (κ3) is 24.8. The highest BCUT2D eigenvalue weighted by Crippen LogP contribution is 2.12. The van der Waals surface area contributed by atoms with Crippen LogP contribution in [0, 0.1) is 0 Å². The summed E-state index contributed by atoms with van der Waals surface area (Å²) in [5, 5.41) is 8.51. The number of hydrogen-bond donors (Lipinski definition) is 1. The smallest absolute Gasteiger partial charge is 0.305 e. The van der Waals surface area contributed by atoms with Gasteiger partial charge in [0.2, 0.25) is 0 Å². The van der Waals surface area contributed by atoms with Gasteiger partial charge in [-0.25, -0.2) is 0 Å². The Kier molecular flexibility index (Phi) is 23.1. The molecule has 0 aromatic rings. The lowest BCUT2D eigenvalue weighted by Gasteiger charge is -2.07. The summed E-state index contributed by atoms with van der Waals surface area (Å²) in [7, 11) is 0.